The minimum Gasteiger partial charge on any atom is -1.00 e. The smallest absolute Gasteiger partial charge is 1.00 e. The Morgan fingerprint density at radius 3 is 1.19 bits per heavy atom. The van der Waals surface area contributed by atoms with Gasteiger partial charge in [0, 0.05) is 127 Å². The molecule has 1 fully saturated rings. The van der Waals surface area contributed by atoms with Crippen molar-refractivity contribution in [3.05, 3.63) is 146 Å². The maximum Gasteiger partial charge on any atom is 1.00 e. The SMILES string of the molecule is CC(C)OC(=O)Nc1ccc(-c2ncc(-c3ccc(N)cc3S(=O)(=O)NC(C)(C)C)s2)cc1.CC(C)OC(=O)Nc1ccc(-c2ncc(-c3ccc(N4CCCOC4=O)cc3S(=O)(=O)NC(C)(C)C)s2)cc1.CC(C)OC(=O)Nc1ccc(-c2ncc(-c3ccc(NC(=O)OCCCCl)cc3S(=O)(=O)NC(C)(C)C)s2)cc1.O=C(Cl)OCCCl.O=CO[O-].[H-].[K+].[K+]. The van der Waals surface area contributed by atoms with Crippen LogP contribution in [0.15, 0.2) is 161 Å². The predicted octanol–water partition coefficient (Wildman–Crippen LogP) is 11.8. The number of anilines is 6. The summed E-state index contributed by atoms with van der Waals surface area (Å²) in [6.07, 6.45) is 2.55. The third kappa shape index (κ3) is 38.0. The van der Waals surface area contributed by atoms with Gasteiger partial charge >= 0.3 is 139 Å². The molecule has 0 unspecified atom stereocenters. The molecule has 4 heterocycles. The monoisotopic (exact) mass is 1950 g/mol. The van der Waals surface area contributed by atoms with Gasteiger partial charge in [-0.15, -0.1) is 57.2 Å². The molecule has 33 nitrogen and oxygen atoms in total. The molecule has 125 heavy (non-hydrogen) atoms. The average molecular weight is 1950 g/mol. The van der Waals surface area contributed by atoms with Gasteiger partial charge in [0.2, 0.25) is 30.1 Å². The molecule has 0 atom stereocenters. The first-order valence-electron chi connectivity index (χ1n) is 37.6. The number of nitrogens with one attached hydrogen (secondary N) is 7. The molecule has 0 bridgehead atoms. The van der Waals surface area contributed by atoms with Crippen LogP contribution in [0.2, 0.25) is 0 Å². The van der Waals surface area contributed by atoms with Crippen LogP contribution in [0.1, 0.15) is 118 Å². The van der Waals surface area contributed by atoms with Crippen molar-refractivity contribution >= 4 is 175 Å². The van der Waals surface area contributed by atoms with E-state index in [1.54, 1.807) is 207 Å². The maximum absolute atomic E-state index is 13.5. The number of benzene rings is 6. The van der Waals surface area contributed by atoms with E-state index in [1.165, 1.54) is 57.1 Å². The van der Waals surface area contributed by atoms with E-state index in [4.69, 9.17) is 74.3 Å². The Kier molecular flexibility index (Phi) is 45.5. The number of aromatic nitrogens is 3. The number of cyclic esters (lactones) is 1. The number of halogens is 3. The Labute approximate surface area is 841 Å². The van der Waals surface area contributed by atoms with Crippen LogP contribution >= 0.6 is 68.8 Å². The normalized spacial score (nSPS) is 12.0. The molecule has 0 radical (unpaired) electrons. The quantitative estimate of drug-likeness (QED) is 0.00287. The number of sulfonamides is 3. The van der Waals surface area contributed by atoms with Crippen molar-refractivity contribution in [1.82, 2.24) is 29.1 Å². The fraction of sp³-hybridized carbons (Fsp3) is 0.358. The van der Waals surface area contributed by atoms with E-state index in [2.05, 4.69) is 60.0 Å². The van der Waals surface area contributed by atoms with Crippen LogP contribution in [0.25, 0.3) is 63.0 Å². The van der Waals surface area contributed by atoms with Gasteiger partial charge in [0.05, 0.1) is 66.7 Å². The second-order valence-corrected chi connectivity index (χ2v) is 39.3. The Hall–Kier alpha value is -6.87. The Balaban J connectivity index is 0.000000455. The van der Waals surface area contributed by atoms with Gasteiger partial charge in [-0.1, -0.05) is 18.2 Å². The second-order valence-electron chi connectivity index (χ2n) is 30.2. The van der Waals surface area contributed by atoms with E-state index in [-0.39, 0.29) is 163 Å². The molecule has 9 N–H and O–H groups in total. The van der Waals surface area contributed by atoms with E-state index in [1.807, 2.05) is 24.3 Å². The molecule has 10 rings (SSSR count). The molecule has 0 saturated carbocycles. The summed E-state index contributed by atoms with van der Waals surface area (Å²) in [6.45, 7) is 27.4. The van der Waals surface area contributed by atoms with Gasteiger partial charge in [-0.2, -0.15) is 0 Å². The summed E-state index contributed by atoms with van der Waals surface area (Å²) in [5.74, 6) is 0.645. The number of hydrogen-bond acceptors (Lipinski definition) is 28. The third-order valence-corrected chi connectivity index (χ3v) is 24.2. The van der Waals surface area contributed by atoms with Crippen LogP contribution in [0, 0.1) is 0 Å². The molecular formula is C81H99Cl3K2N12O21S6. The zero-order chi connectivity index (χ0) is 91.4. The fourth-order valence-electron chi connectivity index (χ4n) is 10.5. The molecule has 668 valence electrons. The number of carbonyl (C=O) groups excluding carboxylic acids is 7. The molecule has 0 spiro atoms. The Morgan fingerprint density at radius 2 is 0.864 bits per heavy atom. The number of carbonyl (C=O) groups is 7. The van der Waals surface area contributed by atoms with Crippen molar-refractivity contribution in [3.63, 3.8) is 0 Å². The molecule has 9 aromatic rings. The molecule has 1 aliphatic heterocycles. The van der Waals surface area contributed by atoms with Gasteiger partial charge in [0.25, 0.3) is 6.47 Å². The van der Waals surface area contributed by atoms with E-state index in [0.717, 1.165) is 16.7 Å². The summed E-state index contributed by atoms with van der Waals surface area (Å²) >= 11 is 19.5. The van der Waals surface area contributed by atoms with Gasteiger partial charge in [0.15, 0.2) is 0 Å². The van der Waals surface area contributed by atoms with Gasteiger partial charge in [0.1, 0.15) is 21.6 Å². The molecule has 1 saturated heterocycles. The minimum absolute atomic E-state index is 0. The summed E-state index contributed by atoms with van der Waals surface area (Å²) < 4.78 is 118. The first kappa shape index (κ1) is 110. The summed E-state index contributed by atoms with van der Waals surface area (Å²) in [5, 5.41) is 21.0. The fourth-order valence-corrected chi connectivity index (χ4v) is 18.9. The van der Waals surface area contributed by atoms with Crippen LogP contribution in [0.5, 0.6) is 0 Å². The summed E-state index contributed by atoms with van der Waals surface area (Å²) in [6, 6.07) is 35.7. The third-order valence-electron chi connectivity index (χ3n) is 15.0. The number of nitrogens with zero attached hydrogens (tertiary/aromatic N) is 4. The van der Waals surface area contributed by atoms with Crippen molar-refractivity contribution in [2.75, 3.05) is 70.0 Å². The van der Waals surface area contributed by atoms with Gasteiger partial charge in [-0.05, 0) is 226 Å². The van der Waals surface area contributed by atoms with E-state index in [9.17, 15) is 54.0 Å². The first-order valence-corrected chi connectivity index (χ1v) is 45.9. The van der Waals surface area contributed by atoms with Gasteiger partial charge in [-0.3, -0.25) is 31.0 Å². The molecule has 6 aromatic carbocycles. The van der Waals surface area contributed by atoms with E-state index >= 15 is 0 Å². The first-order chi connectivity index (χ1) is 57.6. The molecular weight excluding hydrogens is 1850 g/mol. The predicted molar refractivity (Wildman–Crippen MR) is 479 cm³/mol. The van der Waals surface area contributed by atoms with Crippen molar-refractivity contribution in [1.29, 1.82) is 0 Å². The molecule has 3 aromatic heterocycles. The average Bonchev–Trinajstić information content (AvgIpc) is 1.14. The van der Waals surface area contributed by atoms with Crippen molar-refractivity contribution in [3.8, 4) is 63.0 Å². The van der Waals surface area contributed by atoms with E-state index in [0.29, 0.717) is 113 Å². The Bertz CT molecular complexity index is 5450. The largest absolute Gasteiger partial charge is 1.00 e. The summed E-state index contributed by atoms with van der Waals surface area (Å²) in [7, 11) is -11.8. The van der Waals surface area contributed by atoms with Crippen LogP contribution < -0.4 is 154 Å². The number of nitrogens with two attached hydrogens (primary N) is 1. The number of rotatable bonds is 26. The number of thiazole rings is 3. The number of alkyl halides is 2. The van der Waals surface area contributed by atoms with Gasteiger partial charge in [-0.25, -0.2) is 83.1 Å². The molecule has 5 amide bonds. The molecule has 44 heteroatoms. The zero-order valence-corrected chi connectivity index (χ0v) is 85.3. The van der Waals surface area contributed by atoms with Gasteiger partial charge < -0.3 is 45.7 Å². The number of ether oxygens (including phenoxy) is 6. The van der Waals surface area contributed by atoms with Crippen molar-refractivity contribution in [2.45, 2.75) is 166 Å². The number of amides is 5. The zero-order valence-electron chi connectivity index (χ0n) is 72.8. The second kappa shape index (κ2) is 51.5. The maximum atomic E-state index is 13.5. The van der Waals surface area contributed by atoms with Crippen molar-refractivity contribution < 1.29 is 202 Å². The van der Waals surface area contributed by atoms with Crippen LogP contribution in [0.4, 0.5) is 62.9 Å². The Morgan fingerprint density at radius 1 is 0.520 bits per heavy atom. The summed E-state index contributed by atoms with van der Waals surface area (Å²) in [5.41, 5.74) is 9.65. The van der Waals surface area contributed by atoms with Crippen LogP contribution in [-0.4, -0.2) is 156 Å². The van der Waals surface area contributed by atoms with Crippen LogP contribution in [-0.2, 0) is 68.2 Å². The topological polar surface area (TPSA) is 462 Å². The summed E-state index contributed by atoms with van der Waals surface area (Å²) in [4.78, 5) is 97.9. The minimum atomic E-state index is -3.99. The molecule has 1 aliphatic rings. The van der Waals surface area contributed by atoms with Crippen LogP contribution in [0.3, 0.4) is 0 Å². The molecule has 0 aliphatic carbocycles. The number of hydrogen-bond donors (Lipinski definition) is 8. The van der Waals surface area contributed by atoms with Crippen molar-refractivity contribution in [2.24, 2.45) is 0 Å². The number of nitrogen functional groups attached to an aromatic ring is 1. The standard InChI is InChI=1S/C27H33ClN4O6S2.C27H32N4O6S2.C23H28N4O4S2.C3H4Cl2O2.CH2O3.2K.H/c1-17(2)38-26(34)30-19-9-7-18(8-10-19)24-29-16-22(39-24)21-12-11-20(31-25(33)37-14-6-13-28)15-23(21)40(35,36)32-27(3,4)5;1-17(2)37-25(32)29-19-9-7-18(8-10-19)24-28-16-22(38-24)21-12-11-20(31-13-6-14-36-26(31)33)15-23(21)39(34,35)30-27(3,4)5;1-14(2)31-22(28)26-17-9-6-15(7-10-17)21-25-13-19(32-21)18-11-8-16(24)12-20(18)33(29,30)27-23(3,4)5;4-1-2-7-3(5)6;2-1-4-3;;;/h7-12,15-17,32H,6,13-14H2,1-5H3,(H,30,34)(H,31,33);7-12,15-17,30H,6,13-14H2,1-5H3,(H,29,32);6-14,27H,24H2,1-5H3,(H,26,28);1-2H2;1,3H;;;/q;;;;;2*+1;-1/p-1. The van der Waals surface area contributed by atoms with E-state index < -0.39 is 82.6 Å².